The predicted octanol–water partition coefficient (Wildman–Crippen LogP) is 1.45. The van der Waals surface area contributed by atoms with Crippen molar-refractivity contribution in [1.82, 2.24) is 19.8 Å². The Balaban J connectivity index is 1.52. The third kappa shape index (κ3) is 6.21. The van der Waals surface area contributed by atoms with Gasteiger partial charge in [0.25, 0.3) is 5.91 Å². The summed E-state index contributed by atoms with van der Waals surface area (Å²) < 4.78 is 11.4. The van der Waals surface area contributed by atoms with E-state index in [0.29, 0.717) is 19.7 Å². The summed E-state index contributed by atoms with van der Waals surface area (Å²) in [5, 5.41) is 5.32. The maximum atomic E-state index is 13.3. The molecule has 2 aliphatic rings. The van der Waals surface area contributed by atoms with Crippen molar-refractivity contribution in [2.24, 2.45) is 5.10 Å². The van der Waals surface area contributed by atoms with Gasteiger partial charge < -0.3 is 19.3 Å². The highest BCUT2D eigenvalue weighted by Gasteiger charge is 2.34. The van der Waals surface area contributed by atoms with Gasteiger partial charge in [0.1, 0.15) is 18.0 Å². The first kappa shape index (κ1) is 24.3. The van der Waals surface area contributed by atoms with Crippen molar-refractivity contribution in [3.8, 4) is 5.75 Å². The van der Waals surface area contributed by atoms with E-state index >= 15 is 0 Å². The number of rotatable bonds is 7. The van der Waals surface area contributed by atoms with Crippen LogP contribution >= 0.6 is 0 Å². The van der Waals surface area contributed by atoms with Crippen LogP contribution < -0.4 is 4.74 Å². The van der Waals surface area contributed by atoms with E-state index in [-0.39, 0.29) is 49.4 Å². The van der Waals surface area contributed by atoms with Gasteiger partial charge >= 0.3 is 0 Å². The molecule has 0 unspecified atom stereocenters. The molecule has 1 atom stereocenters. The molecule has 2 aliphatic heterocycles. The SMILES string of the molecule is COc1ccc(CN2C[C@@H](OCc3cccnc3)CN(C(=O)C3=NN(C)C(=O)CC3)CC2=O)cc1. The third-order valence-corrected chi connectivity index (χ3v) is 6.01. The molecule has 0 N–H and O–H groups in total. The van der Waals surface area contributed by atoms with Crippen molar-refractivity contribution < 1.29 is 23.9 Å². The Morgan fingerprint density at radius 1 is 1.06 bits per heavy atom. The topological polar surface area (TPSA) is 105 Å². The standard InChI is InChI=1S/C25H29N5O5/c1-28-23(31)10-9-22(27-28)25(33)30-15-21(35-17-19-4-3-11-26-12-19)14-29(24(32)16-30)13-18-5-7-20(34-2)8-6-18/h3-8,11-12,21H,9-10,13-17H2,1-2H3/t21-/m1/s1. The van der Waals surface area contributed by atoms with Crippen molar-refractivity contribution in [2.75, 3.05) is 33.8 Å². The van der Waals surface area contributed by atoms with E-state index < -0.39 is 6.10 Å². The number of nitrogens with zero attached hydrogens (tertiary/aromatic N) is 5. The molecular weight excluding hydrogens is 450 g/mol. The van der Waals surface area contributed by atoms with Crippen molar-refractivity contribution in [3.05, 3.63) is 59.9 Å². The van der Waals surface area contributed by atoms with Crippen molar-refractivity contribution in [1.29, 1.82) is 0 Å². The molecule has 3 heterocycles. The van der Waals surface area contributed by atoms with Crippen LogP contribution in [0.4, 0.5) is 0 Å². The number of methoxy groups -OCH3 is 1. The molecule has 0 radical (unpaired) electrons. The third-order valence-electron chi connectivity index (χ3n) is 6.01. The van der Waals surface area contributed by atoms with Crippen LogP contribution in [0, 0.1) is 0 Å². The molecule has 184 valence electrons. The number of carbonyl (C=O) groups excluding carboxylic acids is 3. The average Bonchev–Trinajstić information content (AvgIpc) is 3.03. The Morgan fingerprint density at radius 3 is 2.54 bits per heavy atom. The van der Waals surface area contributed by atoms with Crippen molar-refractivity contribution in [3.63, 3.8) is 0 Å². The summed E-state index contributed by atoms with van der Waals surface area (Å²) in [6.45, 7) is 1.18. The summed E-state index contributed by atoms with van der Waals surface area (Å²) >= 11 is 0. The number of hydrogen-bond acceptors (Lipinski definition) is 7. The lowest BCUT2D eigenvalue weighted by Crippen LogP contribution is -2.45. The predicted molar refractivity (Wildman–Crippen MR) is 127 cm³/mol. The van der Waals surface area contributed by atoms with Crippen LogP contribution in [0.2, 0.25) is 0 Å². The lowest BCUT2D eigenvalue weighted by atomic mass is 10.1. The highest BCUT2D eigenvalue weighted by molar-refractivity contribution is 6.39. The molecule has 4 rings (SSSR count). The van der Waals surface area contributed by atoms with Crippen LogP contribution in [0.15, 0.2) is 53.9 Å². The molecular formula is C25H29N5O5. The van der Waals surface area contributed by atoms with Gasteiger partial charge in [-0.15, -0.1) is 0 Å². The first-order valence-electron chi connectivity index (χ1n) is 11.5. The molecule has 0 aliphatic carbocycles. The van der Waals surface area contributed by atoms with Gasteiger partial charge in [0.05, 0.1) is 19.8 Å². The van der Waals surface area contributed by atoms with Crippen molar-refractivity contribution >= 4 is 23.4 Å². The first-order valence-corrected chi connectivity index (χ1v) is 11.5. The molecule has 1 saturated heterocycles. The minimum absolute atomic E-state index is 0.0849. The molecule has 3 amide bonds. The minimum Gasteiger partial charge on any atom is -0.497 e. The van der Waals surface area contributed by atoms with E-state index in [1.807, 2.05) is 36.4 Å². The van der Waals surface area contributed by atoms with Crippen molar-refractivity contribution in [2.45, 2.75) is 32.1 Å². The van der Waals surface area contributed by atoms with Gasteiger partial charge in [-0.3, -0.25) is 19.4 Å². The molecule has 0 bridgehead atoms. The van der Waals surface area contributed by atoms with Crippen LogP contribution in [0.25, 0.3) is 0 Å². The summed E-state index contributed by atoms with van der Waals surface area (Å²) in [7, 11) is 3.13. The number of hydrogen-bond donors (Lipinski definition) is 0. The number of benzene rings is 1. The van der Waals surface area contributed by atoms with Crippen LogP contribution in [0.5, 0.6) is 5.75 Å². The molecule has 1 fully saturated rings. The number of hydrazone groups is 1. The van der Waals surface area contributed by atoms with E-state index in [1.54, 1.807) is 24.4 Å². The Kier molecular flexibility index (Phi) is 7.71. The zero-order chi connectivity index (χ0) is 24.8. The van der Waals surface area contributed by atoms with Gasteiger partial charge in [0.15, 0.2) is 0 Å². The second-order valence-electron chi connectivity index (χ2n) is 8.57. The zero-order valence-corrected chi connectivity index (χ0v) is 19.9. The Morgan fingerprint density at radius 2 is 1.86 bits per heavy atom. The monoisotopic (exact) mass is 479 g/mol. The minimum atomic E-state index is -0.410. The molecule has 10 heteroatoms. The van der Waals surface area contributed by atoms with E-state index in [0.717, 1.165) is 16.9 Å². The summed E-state index contributed by atoms with van der Waals surface area (Å²) in [5.41, 5.74) is 2.12. The van der Waals surface area contributed by atoms with Gasteiger partial charge in [-0.1, -0.05) is 18.2 Å². The van der Waals surface area contributed by atoms with E-state index in [4.69, 9.17) is 9.47 Å². The van der Waals surface area contributed by atoms with Gasteiger partial charge in [-0.05, 0) is 29.3 Å². The number of amides is 3. The van der Waals surface area contributed by atoms with Crippen LogP contribution in [-0.4, -0.2) is 83.1 Å². The lowest BCUT2D eigenvalue weighted by Gasteiger charge is -2.26. The van der Waals surface area contributed by atoms with E-state index in [1.165, 1.54) is 17.0 Å². The van der Waals surface area contributed by atoms with Crippen LogP contribution in [-0.2, 0) is 32.3 Å². The summed E-state index contributed by atoms with van der Waals surface area (Å²) in [5.74, 6) is 0.0698. The zero-order valence-electron chi connectivity index (χ0n) is 19.9. The highest BCUT2D eigenvalue weighted by Crippen LogP contribution is 2.18. The summed E-state index contributed by atoms with van der Waals surface area (Å²) in [6.07, 6.45) is 3.48. The number of pyridine rings is 1. The average molecular weight is 480 g/mol. The Labute approximate surface area is 204 Å². The maximum absolute atomic E-state index is 13.3. The van der Waals surface area contributed by atoms with E-state index in [2.05, 4.69) is 10.1 Å². The fourth-order valence-electron chi connectivity index (χ4n) is 4.05. The second-order valence-corrected chi connectivity index (χ2v) is 8.57. The van der Waals surface area contributed by atoms with E-state index in [9.17, 15) is 14.4 Å². The van der Waals surface area contributed by atoms with Crippen LogP contribution in [0.3, 0.4) is 0 Å². The molecule has 2 aromatic rings. The van der Waals surface area contributed by atoms with Gasteiger partial charge in [0, 0.05) is 51.9 Å². The molecule has 1 aromatic carbocycles. The quantitative estimate of drug-likeness (QED) is 0.596. The second kappa shape index (κ2) is 11.1. The fraction of sp³-hybridized carbons (Fsp3) is 0.400. The highest BCUT2D eigenvalue weighted by atomic mass is 16.5. The maximum Gasteiger partial charge on any atom is 0.270 e. The molecule has 35 heavy (non-hydrogen) atoms. The molecule has 1 aromatic heterocycles. The summed E-state index contributed by atoms with van der Waals surface area (Å²) in [4.78, 5) is 45.6. The Hall–Kier alpha value is -3.79. The van der Waals surface area contributed by atoms with Gasteiger partial charge in [-0.2, -0.15) is 5.10 Å². The number of aromatic nitrogens is 1. The molecule has 0 saturated carbocycles. The number of carbonyl (C=O) groups is 3. The smallest absolute Gasteiger partial charge is 0.270 e. The largest absolute Gasteiger partial charge is 0.497 e. The number of ether oxygens (including phenoxy) is 2. The first-order chi connectivity index (χ1) is 16.9. The summed E-state index contributed by atoms with van der Waals surface area (Å²) in [6, 6.07) is 11.3. The molecule has 10 nitrogen and oxygen atoms in total. The van der Waals surface area contributed by atoms with Gasteiger partial charge in [0.2, 0.25) is 11.8 Å². The fourth-order valence-corrected chi connectivity index (χ4v) is 4.05. The molecule has 0 spiro atoms. The normalized spacial score (nSPS) is 18.9. The van der Waals surface area contributed by atoms with Crippen LogP contribution in [0.1, 0.15) is 24.0 Å². The Bertz CT molecular complexity index is 1090. The van der Waals surface area contributed by atoms with Gasteiger partial charge in [-0.25, -0.2) is 5.01 Å². The lowest BCUT2D eigenvalue weighted by molar-refractivity contribution is -0.136.